The number of benzene rings is 1. The van der Waals surface area contributed by atoms with Gasteiger partial charge in [0.15, 0.2) is 11.6 Å². The predicted molar refractivity (Wildman–Crippen MR) is 73.5 cm³/mol. The molecule has 4 nitrogen and oxygen atoms in total. The first-order valence-electron chi connectivity index (χ1n) is 6.74. The highest BCUT2D eigenvalue weighted by Gasteiger charge is 2.21. The molecule has 0 aromatic heterocycles. The monoisotopic (exact) mass is 299 g/mol. The summed E-state index contributed by atoms with van der Waals surface area (Å²) in [5.74, 6) is -2.80. The van der Waals surface area contributed by atoms with E-state index in [9.17, 15) is 18.4 Å². The zero-order valence-electron chi connectivity index (χ0n) is 12.4. The molecular weight excluding hydrogens is 280 g/mol. The molecule has 0 fully saturated rings. The molecule has 0 saturated heterocycles. The number of rotatable bonds is 6. The number of esters is 1. The average molecular weight is 299 g/mol. The van der Waals surface area contributed by atoms with E-state index in [-0.39, 0.29) is 31.5 Å². The Bertz CT molecular complexity index is 518. The molecule has 0 radical (unpaired) electrons. The van der Waals surface area contributed by atoms with Gasteiger partial charge in [-0.25, -0.2) is 8.78 Å². The second kappa shape index (κ2) is 7.71. The molecule has 0 aliphatic rings. The maximum Gasteiger partial charge on any atom is 0.325 e. The van der Waals surface area contributed by atoms with E-state index in [4.69, 9.17) is 4.74 Å². The van der Waals surface area contributed by atoms with Gasteiger partial charge in [-0.2, -0.15) is 0 Å². The molecule has 1 rings (SSSR count). The molecule has 0 unspecified atom stereocenters. The Kier molecular flexibility index (Phi) is 6.27. The van der Waals surface area contributed by atoms with Crippen molar-refractivity contribution in [3.05, 3.63) is 35.4 Å². The first kappa shape index (κ1) is 17.1. The summed E-state index contributed by atoms with van der Waals surface area (Å²) < 4.78 is 30.8. The molecule has 0 heterocycles. The van der Waals surface area contributed by atoms with E-state index in [0.29, 0.717) is 5.56 Å². The maximum absolute atomic E-state index is 13.1. The van der Waals surface area contributed by atoms with Crippen LogP contribution in [-0.4, -0.2) is 36.0 Å². The van der Waals surface area contributed by atoms with Crippen molar-refractivity contribution < 1.29 is 23.1 Å². The molecule has 116 valence electrons. The highest BCUT2D eigenvalue weighted by atomic mass is 19.2. The zero-order valence-corrected chi connectivity index (χ0v) is 12.4. The minimum absolute atomic E-state index is 0.102. The van der Waals surface area contributed by atoms with Crippen molar-refractivity contribution in [3.8, 4) is 0 Å². The van der Waals surface area contributed by atoms with Crippen LogP contribution in [0.2, 0.25) is 0 Å². The minimum atomic E-state index is -0.998. The van der Waals surface area contributed by atoms with Gasteiger partial charge in [0.1, 0.15) is 6.54 Å². The molecule has 0 spiro atoms. The Labute approximate surface area is 122 Å². The number of amides is 1. The number of carbonyl (C=O) groups excluding carboxylic acids is 2. The quantitative estimate of drug-likeness (QED) is 0.757. The molecule has 0 aliphatic carbocycles. The Hall–Kier alpha value is -1.98. The van der Waals surface area contributed by atoms with Crippen molar-refractivity contribution in [1.29, 1.82) is 0 Å². The van der Waals surface area contributed by atoms with Gasteiger partial charge >= 0.3 is 5.97 Å². The fourth-order valence-electron chi connectivity index (χ4n) is 1.83. The van der Waals surface area contributed by atoms with Crippen LogP contribution in [0.4, 0.5) is 8.78 Å². The molecule has 21 heavy (non-hydrogen) atoms. The zero-order chi connectivity index (χ0) is 16.0. The molecule has 1 aromatic carbocycles. The van der Waals surface area contributed by atoms with Crippen molar-refractivity contribution in [1.82, 2.24) is 4.90 Å². The van der Waals surface area contributed by atoms with Gasteiger partial charge < -0.3 is 9.64 Å². The molecule has 6 heteroatoms. The van der Waals surface area contributed by atoms with Crippen LogP contribution in [-0.2, 0) is 20.7 Å². The number of carbonyl (C=O) groups is 2. The standard InChI is InChI=1S/C15H19F2NO3/c1-4-21-15(20)9-18(10(2)3)14(19)8-11-5-6-12(16)13(17)7-11/h5-7,10H,4,8-9H2,1-3H3. The van der Waals surface area contributed by atoms with E-state index in [2.05, 4.69) is 0 Å². The van der Waals surface area contributed by atoms with Gasteiger partial charge in [0.25, 0.3) is 0 Å². The summed E-state index contributed by atoms with van der Waals surface area (Å²) in [5.41, 5.74) is 0.355. The maximum atomic E-state index is 13.1. The number of hydrogen-bond donors (Lipinski definition) is 0. The fourth-order valence-corrected chi connectivity index (χ4v) is 1.83. The van der Waals surface area contributed by atoms with E-state index in [0.717, 1.165) is 12.1 Å². The number of nitrogens with zero attached hydrogens (tertiary/aromatic N) is 1. The highest BCUT2D eigenvalue weighted by molar-refractivity contribution is 5.83. The van der Waals surface area contributed by atoms with Crippen LogP contribution in [0.25, 0.3) is 0 Å². The molecular formula is C15H19F2NO3. The van der Waals surface area contributed by atoms with Crippen molar-refractivity contribution in [2.45, 2.75) is 33.2 Å². The second-order valence-corrected chi connectivity index (χ2v) is 4.85. The normalized spacial score (nSPS) is 10.6. The predicted octanol–water partition coefficient (Wildman–Crippen LogP) is 2.31. The summed E-state index contributed by atoms with van der Waals surface area (Å²) in [6.45, 7) is 5.29. The number of halogens is 2. The summed E-state index contributed by atoms with van der Waals surface area (Å²) in [7, 11) is 0. The largest absolute Gasteiger partial charge is 0.465 e. The summed E-state index contributed by atoms with van der Waals surface area (Å²) >= 11 is 0. The smallest absolute Gasteiger partial charge is 0.325 e. The lowest BCUT2D eigenvalue weighted by molar-refractivity contribution is -0.149. The van der Waals surface area contributed by atoms with Gasteiger partial charge in [0.05, 0.1) is 13.0 Å². The molecule has 0 aliphatic heterocycles. The van der Waals surface area contributed by atoms with Crippen molar-refractivity contribution in [3.63, 3.8) is 0 Å². The lowest BCUT2D eigenvalue weighted by atomic mass is 10.1. The van der Waals surface area contributed by atoms with E-state index in [1.54, 1.807) is 20.8 Å². The summed E-state index contributed by atoms with van der Waals surface area (Å²) in [6.07, 6.45) is -0.102. The Morgan fingerprint density at radius 2 is 1.90 bits per heavy atom. The Morgan fingerprint density at radius 3 is 2.43 bits per heavy atom. The topological polar surface area (TPSA) is 46.6 Å². The summed E-state index contributed by atoms with van der Waals surface area (Å²) in [4.78, 5) is 25.0. The van der Waals surface area contributed by atoms with Crippen LogP contribution in [0.5, 0.6) is 0 Å². The van der Waals surface area contributed by atoms with Gasteiger partial charge in [-0.15, -0.1) is 0 Å². The molecule has 0 saturated carbocycles. The van der Waals surface area contributed by atoms with E-state index in [1.807, 2.05) is 0 Å². The Balaban J connectivity index is 2.76. The number of hydrogen-bond acceptors (Lipinski definition) is 3. The third-order valence-electron chi connectivity index (χ3n) is 2.89. The summed E-state index contributed by atoms with van der Waals surface area (Å²) in [6, 6.07) is 3.10. The van der Waals surface area contributed by atoms with Gasteiger partial charge in [-0.1, -0.05) is 6.07 Å². The molecule has 0 N–H and O–H groups in total. The van der Waals surface area contributed by atoms with E-state index < -0.39 is 17.6 Å². The minimum Gasteiger partial charge on any atom is -0.465 e. The van der Waals surface area contributed by atoms with E-state index >= 15 is 0 Å². The van der Waals surface area contributed by atoms with Crippen molar-refractivity contribution in [2.75, 3.05) is 13.2 Å². The van der Waals surface area contributed by atoms with Gasteiger partial charge in [-0.3, -0.25) is 9.59 Å². The molecule has 0 bridgehead atoms. The van der Waals surface area contributed by atoms with Crippen LogP contribution >= 0.6 is 0 Å². The lowest BCUT2D eigenvalue weighted by Crippen LogP contribution is -2.42. The third-order valence-corrected chi connectivity index (χ3v) is 2.89. The van der Waals surface area contributed by atoms with Crippen molar-refractivity contribution >= 4 is 11.9 Å². The first-order valence-corrected chi connectivity index (χ1v) is 6.74. The average Bonchev–Trinajstić information content (AvgIpc) is 2.40. The van der Waals surface area contributed by atoms with Gasteiger partial charge in [0.2, 0.25) is 5.91 Å². The Morgan fingerprint density at radius 1 is 1.24 bits per heavy atom. The molecule has 0 atom stereocenters. The van der Waals surface area contributed by atoms with Crippen LogP contribution in [0.1, 0.15) is 26.3 Å². The van der Waals surface area contributed by atoms with E-state index in [1.165, 1.54) is 11.0 Å². The molecule has 1 amide bonds. The molecule has 1 aromatic rings. The highest BCUT2D eigenvalue weighted by Crippen LogP contribution is 2.11. The second-order valence-electron chi connectivity index (χ2n) is 4.85. The summed E-state index contributed by atoms with van der Waals surface area (Å²) in [5, 5.41) is 0. The fraction of sp³-hybridized carbons (Fsp3) is 0.467. The van der Waals surface area contributed by atoms with Crippen LogP contribution in [0.15, 0.2) is 18.2 Å². The SMILES string of the molecule is CCOC(=O)CN(C(=O)Cc1ccc(F)c(F)c1)C(C)C. The third kappa shape index (κ3) is 5.13. The first-order chi connectivity index (χ1) is 9.85. The van der Waals surface area contributed by atoms with Crippen LogP contribution in [0, 0.1) is 11.6 Å². The van der Waals surface area contributed by atoms with Crippen LogP contribution < -0.4 is 0 Å². The lowest BCUT2D eigenvalue weighted by Gasteiger charge is -2.25. The van der Waals surface area contributed by atoms with Crippen LogP contribution in [0.3, 0.4) is 0 Å². The van der Waals surface area contributed by atoms with Gasteiger partial charge in [0, 0.05) is 6.04 Å². The number of ether oxygens (including phenoxy) is 1. The van der Waals surface area contributed by atoms with Gasteiger partial charge in [-0.05, 0) is 38.5 Å². The van der Waals surface area contributed by atoms with Crippen molar-refractivity contribution in [2.24, 2.45) is 0 Å².